The van der Waals surface area contributed by atoms with Gasteiger partial charge in [-0.25, -0.2) is 9.37 Å². The van der Waals surface area contributed by atoms with Crippen molar-refractivity contribution >= 4 is 39.0 Å². The molecule has 2 aromatic rings. The van der Waals surface area contributed by atoms with Gasteiger partial charge in [0.25, 0.3) is 0 Å². The normalized spacial score (nSPS) is 9.89. The van der Waals surface area contributed by atoms with Gasteiger partial charge in [-0.2, -0.15) is 5.26 Å². The molecule has 3 nitrogen and oxygen atoms in total. The van der Waals surface area contributed by atoms with E-state index in [-0.39, 0.29) is 5.56 Å². The Labute approximate surface area is 116 Å². The van der Waals surface area contributed by atoms with Gasteiger partial charge in [-0.05, 0) is 34.1 Å². The number of benzene rings is 1. The fourth-order valence-electron chi connectivity index (χ4n) is 1.38. The topological polar surface area (TPSA) is 48.7 Å². The van der Waals surface area contributed by atoms with Gasteiger partial charge in [0.15, 0.2) is 0 Å². The number of pyridine rings is 1. The smallest absolute Gasteiger partial charge is 0.149 e. The van der Waals surface area contributed by atoms with E-state index in [4.69, 9.17) is 16.9 Å². The van der Waals surface area contributed by atoms with E-state index in [9.17, 15) is 4.39 Å². The van der Waals surface area contributed by atoms with Crippen molar-refractivity contribution in [2.75, 3.05) is 5.32 Å². The van der Waals surface area contributed by atoms with Crippen molar-refractivity contribution in [3.63, 3.8) is 0 Å². The highest BCUT2D eigenvalue weighted by molar-refractivity contribution is 9.10. The van der Waals surface area contributed by atoms with Crippen LogP contribution < -0.4 is 5.32 Å². The standard InChI is InChI=1S/C12H6BrClFN3/c13-7-4-9(14)12(17-6-7)18-11-3-1-2-10(15)8(11)5-16/h1-4,6H,(H,17,18). The monoisotopic (exact) mass is 325 g/mol. The quantitative estimate of drug-likeness (QED) is 0.897. The average molecular weight is 327 g/mol. The van der Waals surface area contributed by atoms with E-state index in [0.717, 1.165) is 4.47 Å². The van der Waals surface area contributed by atoms with Crippen LogP contribution in [0.25, 0.3) is 0 Å². The molecule has 1 aromatic carbocycles. The second-order valence-corrected chi connectivity index (χ2v) is 4.71. The molecule has 0 fully saturated rings. The molecule has 0 amide bonds. The van der Waals surface area contributed by atoms with E-state index in [1.54, 1.807) is 24.4 Å². The Hall–Kier alpha value is -1.64. The SMILES string of the molecule is N#Cc1c(F)cccc1Nc1ncc(Br)cc1Cl. The first-order valence-corrected chi connectivity index (χ1v) is 6.05. The Kier molecular flexibility index (Phi) is 3.80. The fraction of sp³-hybridized carbons (Fsp3) is 0. The van der Waals surface area contributed by atoms with Crippen LogP contribution in [0.1, 0.15) is 5.56 Å². The van der Waals surface area contributed by atoms with Crippen LogP contribution in [0, 0.1) is 17.1 Å². The third-order valence-corrected chi connectivity index (χ3v) is 2.91. The zero-order valence-corrected chi connectivity index (χ0v) is 11.3. The molecule has 0 unspecified atom stereocenters. The van der Waals surface area contributed by atoms with Crippen molar-refractivity contribution in [2.45, 2.75) is 0 Å². The molecular formula is C12H6BrClFN3. The molecule has 0 saturated heterocycles. The van der Waals surface area contributed by atoms with Crippen molar-refractivity contribution in [2.24, 2.45) is 0 Å². The van der Waals surface area contributed by atoms with Gasteiger partial charge in [0.05, 0.1) is 10.7 Å². The number of aromatic nitrogens is 1. The Balaban J connectivity index is 2.41. The summed E-state index contributed by atoms with van der Waals surface area (Å²) in [6.07, 6.45) is 1.56. The molecule has 1 aromatic heterocycles. The molecule has 1 N–H and O–H groups in total. The van der Waals surface area contributed by atoms with Crippen LogP contribution in [-0.2, 0) is 0 Å². The number of nitriles is 1. The zero-order chi connectivity index (χ0) is 13.1. The molecule has 0 radical (unpaired) electrons. The number of hydrogen-bond acceptors (Lipinski definition) is 3. The van der Waals surface area contributed by atoms with Gasteiger partial charge in [-0.3, -0.25) is 0 Å². The molecule has 1 heterocycles. The minimum atomic E-state index is -0.587. The molecule has 2 rings (SSSR count). The summed E-state index contributed by atoms with van der Waals surface area (Å²) in [7, 11) is 0. The molecule has 0 aliphatic rings. The van der Waals surface area contributed by atoms with Crippen molar-refractivity contribution in [1.29, 1.82) is 5.26 Å². The van der Waals surface area contributed by atoms with Crippen LogP contribution in [0.4, 0.5) is 15.9 Å². The zero-order valence-electron chi connectivity index (χ0n) is 8.92. The predicted molar refractivity (Wildman–Crippen MR) is 71.3 cm³/mol. The van der Waals surface area contributed by atoms with Gasteiger partial charge < -0.3 is 5.32 Å². The third-order valence-electron chi connectivity index (χ3n) is 2.19. The lowest BCUT2D eigenvalue weighted by atomic mass is 10.2. The largest absolute Gasteiger partial charge is 0.338 e. The summed E-state index contributed by atoms with van der Waals surface area (Å²) in [5, 5.41) is 12.1. The maximum absolute atomic E-state index is 13.4. The maximum Gasteiger partial charge on any atom is 0.149 e. The van der Waals surface area contributed by atoms with Gasteiger partial charge >= 0.3 is 0 Å². The highest BCUT2D eigenvalue weighted by Gasteiger charge is 2.10. The Morgan fingerprint density at radius 1 is 1.44 bits per heavy atom. The van der Waals surface area contributed by atoms with Crippen LogP contribution in [0.5, 0.6) is 0 Å². The van der Waals surface area contributed by atoms with Gasteiger partial charge in [-0.15, -0.1) is 0 Å². The van der Waals surface area contributed by atoms with E-state index in [2.05, 4.69) is 26.2 Å². The Morgan fingerprint density at radius 3 is 2.89 bits per heavy atom. The molecular weight excluding hydrogens is 321 g/mol. The predicted octanol–water partition coefficient (Wildman–Crippen LogP) is 4.25. The van der Waals surface area contributed by atoms with Gasteiger partial charge in [0.1, 0.15) is 23.3 Å². The number of anilines is 2. The maximum atomic E-state index is 13.4. The highest BCUT2D eigenvalue weighted by Crippen LogP contribution is 2.28. The molecule has 0 aliphatic heterocycles. The molecule has 18 heavy (non-hydrogen) atoms. The van der Waals surface area contributed by atoms with Crippen molar-refractivity contribution in [1.82, 2.24) is 4.98 Å². The van der Waals surface area contributed by atoms with Crippen LogP contribution in [0.2, 0.25) is 5.02 Å². The summed E-state index contributed by atoms with van der Waals surface area (Å²) in [4.78, 5) is 4.06. The van der Waals surface area contributed by atoms with E-state index < -0.39 is 5.82 Å². The first-order chi connectivity index (χ1) is 8.61. The third kappa shape index (κ3) is 2.61. The molecule has 0 spiro atoms. The van der Waals surface area contributed by atoms with E-state index >= 15 is 0 Å². The van der Waals surface area contributed by atoms with Crippen LogP contribution in [-0.4, -0.2) is 4.98 Å². The van der Waals surface area contributed by atoms with Gasteiger partial charge in [0.2, 0.25) is 0 Å². The first-order valence-electron chi connectivity index (χ1n) is 4.88. The average Bonchev–Trinajstić information content (AvgIpc) is 2.33. The lowest BCUT2D eigenvalue weighted by Gasteiger charge is -2.09. The molecule has 0 atom stereocenters. The van der Waals surface area contributed by atoms with Crippen molar-refractivity contribution in [3.05, 3.63) is 51.3 Å². The lowest BCUT2D eigenvalue weighted by molar-refractivity contribution is 0.624. The second kappa shape index (κ2) is 5.34. The molecule has 90 valence electrons. The van der Waals surface area contributed by atoms with Gasteiger partial charge in [0, 0.05) is 10.7 Å². The molecule has 6 heteroatoms. The van der Waals surface area contributed by atoms with Crippen LogP contribution in [0.15, 0.2) is 34.9 Å². The number of halogens is 3. The lowest BCUT2D eigenvalue weighted by Crippen LogP contribution is -1.98. The van der Waals surface area contributed by atoms with E-state index in [1.807, 2.05) is 0 Å². The molecule has 0 bridgehead atoms. The summed E-state index contributed by atoms with van der Waals surface area (Å²) in [6, 6.07) is 7.77. The van der Waals surface area contributed by atoms with Gasteiger partial charge in [-0.1, -0.05) is 17.7 Å². The van der Waals surface area contributed by atoms with E-state index in [0.29, 0.717) is 16.5 Å². The van der Waals surface area contributed by atoms with E-state index in [1.165, 1.54) is 12.1 Å². The van der Waals surface area contributed by atoms with Crippen LogP contribution in [0.3, 0.4) is 0 Å². The Morgan fingerprint density at radius 2 is 2.22 bits per heavy atom. The number of nitrogens with one attached hydrogen (secondary N) is 1. The first kappa shape index (κ1) is 12.8. The minimum absolute atomic E-state index is 0.0710. The molecule has 0 saturated carbocycles. The molecule has 0 aliphatic carbocycles. The summed E-state index contributed by atoms with van der Waals surface area (Å²) in [6.45, 7) is 0. The highest BCUT2D eigenvalue weighted by atomic mass is 79.9. The number of rotatable bonds is 2. The number of nitrogens with zero attached hydrogens (tertiary/aromatic N) is 2. The fourth-order valence-corrected chi connectivity index (χ4v) is 2.05. The number of hydrogen-bond donors (Lipinski definition) is 1. The minimum Gasteiger partial charge on any atom is -0.338 e. The van der Waals surface area contributed by atoms with Crippen molar-refractivity contribution < 1.29 is 4.39 Å². The van der Waals surface area contributed by atoms with Crippen molar-refractivity contribution in [3.8, 4) is 6.07 Å². The summed E-state index contributed by atoms with van der Waals surface area (Å²) < 4.78 is 14.1. The second-order valence-electron chi connectivity index (χ2n) is 3.38. The summed E-state index contributed by atoms with van der Waals surface area (Å²) in [5.41, 5.74) is 0.257. The summed E-state index contributed by atoms with van der Waals surface area (Å²) in [5.74, 6) is -0.224. The summed E-state index contributed by atoms with van der Waals surface area (Å²) >= 11 is 9.22. The Bertz CT molecular complexity index is 640. The van der Waals surface area contributed by atoms with Crippen LogP contribution >= 0.6 is 27.5 Å².